The van der Waals surface area contributed by atoms with Crippen molar-refractivity contribution < 1.29 is 10.0 Å². The van der Waals surface area contributed by atoms with Crippen LogP contribution in [0.2, 0.25) is 0 Å². The van der Waals surface area contributed by atoms with Crippen molar-refractivity contribution in [3.8, 4) is 0 Å². The topological polar surface area (TPSA) is 63.4 Å². The fourth-order valence-corrected chi connectivity index (χ4v) is 1.62. The molecule has 1 N–H and O–H groups in total. The number of hydrogen-bond donors (Lipinski definition) is 1. The smallest absolute Gasteiger partial charge is 0.276 e. The van der Waals surface area contributed by atoms with Crippen LogP contribution in [0, 0.1) is 10.1 Å². The Labute approximate surface area is 88.7 Å². The van der Waals surface area contributed by atoms with E-state index in [1.54, 1.807) is 25.1 Å². The van der Waals surface area contributed by atoms with Crippen LogP contribution in [0.3, 0.4) is 0 Å². The van der Waals surface area contributed by atoms with Crippen molar-refractivity contribution in [1.82, 2.24) is 0 Å². The van der Waals surface area contributed by atoms with E-state index in [9.17, 15) is 10.1 Å². The molecule has 0 amide bonds. The lowest BCUT2D eigenvalue weighted by molar-refractivity contribution is -0.386. The number of nitro groups is 1. The van der Waals surface area contributed by atoms with Crippen molar-refractivity contribution >= 4 is 5.69 Å². The Morgan fingerprint density at radius 3 is 2.67 bits per heavy atom. The third kappa shape index (κ3) is 2.33. The fraction of sp³-hybridized carbons (Fsp3) is 0.455. The maximum atomic E-state index is 10.9. The molecule has 0 radical (unpaired) electrons. The molecular formula is C11H15NO3. The molecule has 0 aliphatic rings. The van der Waals surface area contributed by atoms with Gasteiger partial charge in [-0.15, -0.1) is 0 Å². The number of nitrogens with zero attached hydrogens (tertiary/aromatic N) is 1. The summed E-state index contributed by atoms with van der Waals surface area (Å²) in [7, 11) is 0. The quantitative estimate of drug-likeness (QED) is 0.611. The highest BCUT2D eigenvalue weighted by atomic mass is 16.6. The van der Waals surface area contributed by atoms with E-state index in [1.165, 1.54) is 0 Å². The summed E-state index contributed by atoms with van der Waals surface area (Å²) in [6, 6.07) is 5.26. The zero-order valence-electron chi connectivity index (χ0n) is 8.93. The summed E-state index contributed by atoms with van der Waals surface area (Å²) in [5.74, 6) is -0.197. The Bertz CT molecular complexity index is 363. The molecule has 0 saturated carbocycles. The number of aryl methyl sites for hydroxylation is 1. The van der Waals surface area contributed by atoms with Gasteiger partial charge in [0, 0.05) is 23.7 Å². The molecule has 4 nitrogen and oxygen atoms in total. The molecule has 0 aromatic heterocycles. The maximum Gasteiger partial charge on any atom is 0.276 e. The first-order chi connectivity index (χ1) is 7.11. The molecule has 0 spiro atoms. The van der Waals surface area contributed by atoms with Gasteiger partial charge in [0.15, 0.2) is 0 Å². The number of hydrogen-bond acceptors (Lipinski definition) is 3. The van der Waals surface area contributed by atoms with Crippen LogP contribution in [0.4, 0.5) is 5.69 Å². The van der Waals surface area contributed by atoms with E-state index in [1.807, 2.05) is 6.92 Å². The van der Waals surface area contributed by atoms with E-state index in [4.69, 9.17) is 5.11 Å². The number of benzene rings is 1. The van der Waals surface area contributed by atoms with Gasteiger partial charge in [0.05, 0.1) is 4.92 Å². The highest BCUT2D eigenvalue weighted by molar-refractivity contribution is 5.49. The SMILES string of the molecule is CCc1cccc(C(C)CO)c1[N+](=O)[O-]. The van der Waals surface area contributed by atoms with Gasteiger partial charge in [-0.3, -0.25) is 10.1 Å². The number of para-hydroxylation sites is 1. The van der Waals surface area contributed by atoms with Crippen molar-refractivity contribution in [2.75, 3.05) is 6.61 Å². The van der Waals surface area contributed by atoms with Crippen LogP contribution in [-0.4, -0.2) is 16.6 Å². The van der Waals surface area contributed by atoms with Crippen LogP contribution < -0.4 is 0 Å². The molecule has 0 aliphatic heterocycles. The summed E-state index contributed by atoms with van der Waals surface area (Å²) in [6.45, 7) is 3.59. The molecule has 82 valence electrons. The zero-order valence-corrected chi connectivity index (χ0v) is 8.93. The summed E-state index contributed by atoms with van der Waals surface area (Å²) < 4.78 is 0. The molecule has 1 unspecified atom stereocenters. The van der Waals surface area contributed by atoms with Gasteiger partial charge in [-0.25, -0.2) is 0 Å². The van der Waals surface area contributed by atoms with Crippen LogP contribution in [0.15, 0.2) is 18.2 Å². The summed E-state index contributed by atoms with van der Waals surface area (Å²) in [5, 5.41) is 20.0. The first-order valence-corrected chi connectivity index (χ1v) is 4.98. The minimum absolute atomic E-state index is 0.0754. The van der Waals surface area contributed by atoms with Crippen LogP contribution in [0.1, 0.15) is 30.9 Å². The average Bonchev–Trinajstić information content (AvgIpc) is 2.26. The van der Waals surface area contributed by atoms with Crippen LogP contribution in [0.25, 0.3) is 0 Å². The Hall–Kier alpha value is -1.42. The third-order valence-electron chi connectivity index (χ3n) is 2.52. The van der Waals surface area contributed by atoms with E-state index in [-0.39, 0.29) is 23.1 Å². The van der Waals surface area contributed by atoms with Gasteiger partial charge < -0.3 is 5.11 Å². The van der Waals surface area contributed by atoms with Gasteiger partial charge in [-0.05, 0) is 6.42 Å². The van der Waals surface area contributed by atoms with E-state index < -0.39 is 0 Å². The van der Waals surface area contributed by atoms with Gasteiger partial charge in [-0.2, -0.15) is 0 Å². The zero-order chi connectivity index (χ0) is 11.4. The van der Waals surface area contributed by atoms with Gasteiger partial charge in [0.25, 0.3) is 5.69 Å². The van der Waals surface area contributed by atoms with Gasteiger partial charge in [-0.1, -0.05) is 32.0 Å². The maximum absolute atomic E-state index is 10.9. The van der Waals surface area contributed by atoms with E-state index in [0.717, 1.165) is 5.56 Å². The molecule has 0 heterocycles. The Kier molecular flexibility index (Phi) is 3.80. The molecule has 1 aromatic rings. The molecule has 0 bridgehead atoms. The van der Waals surface area contributed by atoms with Crippen molar-refractivity contribution in [1.29, 1.82) is 0 Å². The summed E-state index contributed by atoms with van der Waals surface area (Å²) in [4.78, 5) is 10.6. The first kappa shape index (κ1) is 11.7. The van der Waals surface area contributed by atoms with Crippen LogP contribution in [-0.2, 0) is 6.42 Å². The third-order valence-corrected chi connectivity index (χ3v) is 2.52. The highest BCUT2D eigenvalue weighted by Gasteiger charge is 2.21. The van der Waals surface area contributed by atoms with Gasteiger partial charge in [0.1, 0.15) is 0 Å². The summed E-state index contributed by atoms with van der Waals surface area (Å²) >= 11 is 0. The second kappa shape index (κ2) is 4.89. The van der Waals surface area contributed by atoms with Crippen molar-refractivity contribution in [2.24, 2.45) is 0 Å². The first-order valence-electron chi connectivity index (χ1n) is 4.98. The van der Waals surface area contributed by atoms with Crippen LogP contribution in [0.5, 0.6) is 0 Å². The molecule has 1 atom stereocenters. The molecule has 0 aliphatic carbocycles. The van der Waals surface area contributed by atoms with E-state index >= 15 is 0 Å². The molecule has 15 heavy (non-hydrogen) atoms. The van der Waals surface area contributed by atoms with Crippen molar-refractivity contribution in [3.05, 3.63) is 39.4 Å². The largest absolute Gasteiger partial charge is 0.396 e. The molecule has 0 saturated heterocycles. The second-order valence-electron chi connectivity index (χ2n) is 3.55. The predicted octanol–water partition coefficient (Wildman–Crippen LogP) is 2.25. The summed E-state index contributed by atoms with van der Waals surface area (Å²) in [5.41, 5.74) is 1.49. The predicted molar refractivity (Wildman–Crippen MR) is 58.0 cm³/mol. The van der Waals surface area contributed by atoms with Crippen molar-refractivity contribution in [3.63, 3.8) is 0 Å². The number of rotatable bonds is 4. The summed E-state index contributed by atoms with van der Waals surface area (Å²) in [6.07, 6.45) is 0.627. The molecule has 1 aromatic carbocycles. The lowest BCUT2D eigenvalue weighted by Gasteiger charge is -2.10. The number of aliphatic hydroxyl groups is 1. The lowest BCUT2D eigenvalue weighted by Crippen LogP contribution is -2.05. The molecule has 0 fully saturated rings. The van der Waals surface area contributed by atoms with E-state index in [0.29, 0.717) is 12.0 Å². The van der Waals surface area contributed by atoms with Gasteiger partial charge >= 0.3 is 0 Å². The molecule has 1 rings (SSSR count). The van der Waals surface area contributed by atoms with Gasteiger partial charge in [0.2, 0.25) is 0 Å². The fourth-order valence-electron chi connectivity index (χ4n) is 1.62. The minimum atomic E-state index is -0.361. The number of aliphatic hydroxyl groups excluding tert-OH is 1. The molecule has 4 heteroatoms. The Balaban J connectivity index is 3.31. The minimum Gasteiger partial charge on any atom is -0.396 e. The average molecular weight is 209 g/mol. The van der Waals surface area contributed by atoms with Crippen molar-refractivity contribution in [2.45, 2.75) is 26.2 Å². The Morgan fingerprint density at radius 1 is 1.53 bits per heavy atom. The Morgan fingerprint density at radius 2 is 2.20 bits per heavy atom. The van der Waals surface area contributed by atoms with E-state index in [2.05, 4.69) is 0 Å². The number of nitro benzene ring substituents is 1. The second-order valence-corrected chi connectivity index (χ2v) is 3.55. The monoisotopic (exact) mass is 209 g/mol. The molecular weight excluding hydrogens is 194 g/mol. The lowest BCUT2D eigenvalue weighted by atomic mass is 9.96. The highest BCUT2D eigenvalue weighted by Crippen LogP contribution is 2.29. The normalized spacial score (nSPS) is 12.5. The van der Waals surface area contributed by atoms with Crippen LogP contribution >= 0.6 is 0 Å². The standard InChI is InChI=1S/C11H15NO3/c1-3-9-5-4-6-10(8(2)7-13)11(9)12(14)15/h4-6,8,13H,3,7H2,1-2H3.